The van der Waals surface area contributed by atoms with E-state index in [1.807, 2.05) is 0 Å². The molecule has 11 heteroatoms. The molecule has 0 bridgehead atoms. The molecule has 2 aliphatic heterocycles. The van der Waals surface area contributed by atoms with Gasteiger partial charge in [-0.2, -0.15) is 4.31 Å². The standard InChI is InChI=1S/C19H29N3O6S2/c1-16-4-3-9-20(14-16)19(23)15-22(29(2,24)25)17-5-7-18(8-6-17)30(26,27)21-10-12-28-13-11-21/h5-8,16H,3-4,9-15H2,1-2H3. The molecule has 0 saturated carbocycles. The maximum absolute atomic E-state index is 12.8. The number of hydrogen-bond donors (Lipinski definition) is 0. The fourth-order valence-corrected chi connectivity index (χ4v) is 6.02. The van der Waals surface area contributed by atoms with Gasteiger partial charge in [-0.05, 0) is 43.0 Å². The zero-order valence-corrected chi connectivity index (χ0v) is 19.0. The Morgan fingerprint density at radius 2 is 1.73 bits per heavy atom. The van der Waals surface area contributed by atoms with Crippen LogP contribution in [-0.2, 0) is 29.6 Å². The molecule has 3 rings (SSSR count). The molecule has 1 unspecified atom stereocenters. The molecule has 0 N–H and O–H groups in total. The van der Waals surface area contributed by atoms with Gasteiger partial charge >= 0.3 is 0 Å². The number of sulfonamides is 2. The number of morpholine rings is 1. The molecule has 30 heavy (non-hydrogen) atoms. The summed E-state index contributed by atoms with van der Waals surface area (Å²) in [5.74, 6) is 0.135. The van der Waals surface area contributed by atoms with Crippen LogP contribution in [0.3, 0.4) is 0 Å². The predicted octanol–water partition coefficient (Wildman–Crippen LogP) is 0.732. The third-order valence-electron chi connectivity index (χ3n) is 5.42. The number of nitrogens with zero attached hydrogens (tertiary/aromatic N) is 3. The number of ether oxygens (including phenoxy) is 1. The van der Waals surface area contributed by atoms with Gasteiger partial charge in [-0.25, -0.2) is 16.8 Å². The molecular formula is C19H29N3O6S2. The van der Waals surface area contributed by atoms with Gasteiger partial charge in [0.05, 0.1) is 30.1 Å². The van der Waals surface area contributed by atoms with E-state index in [9.17, 15) is 21.6 Å². The van der Waals surface area contributed by atoms with Crippen LogP contribution >= 0.6 is 0 Å². The zero-order valence-electron chi connectivity index (χ0n) is 17.4. The minimum Gasteiger partial charge on any atom is -0.379 e. The highest BCUT2D eigenvalue weighted by atomic mass is 32.2. The second kappa shape index (κ2) is 9.21. The lowest BCUT2D eigenvalue weighted by atomic mass is 10.0. The molecule has 9 nitrogen and oxygen atoms in total. The van der Waals surface area contributed by atoms with Crippen molar-refractivity contribution in [2.75, 3.05) is 56.5 Å². The van der Waals surface area contributed by atoms with Gasteiger partial charge in [-0.15, -0.1) is 0 Å². The summed E-state index contributed by atoms with van der Waals surface area (Å²) in [6.07, 6.45) is 3.00. The quantitative estimate of drug-likeness (QED) is 0.621. The molecule has 2 heterocycles. The van der Waals surface area contributed by atoms with Crippen molar-refractivity contribution in [1.29, 1.82) is 0 Å². The van der Waals surface area contributed by atoms with Gasteiger partial charge in [0.2, 0.25) is 26.0 Å². The minimum absolute atomic E-state index is 0.0813. The van der Waals surface area contributed by atoms with E-state index in [0.29, 0.717) is 32.2 Å². The highest BCUT2D eigenvalue weighted by molar-refractivity contribution is 7.92. The largest absolute Gasteiger partial charge is 0.379 e. The summed E-state index contributed by atoms with van der Waals surface area (Å²) < 4.78 is 57.8. The van der Waals surface area contributed by atoms with Crippen molar-refractivity contribution in [3.05, 3.63) is 24.3 Å². The van der Waals surface area contributed by atoms with Crippen LogP contribution in [0.15, 0.2) is 29.2 Å². The summed E-state index contributed by atoms with van der Waals surface area (Å²) in [7, 11) is -7.40. The van der Waals surface area contributed by atoms with Crippen LogP contribution in [0, 0.1) is 5.92 Å². The Balaban J connectivity index is 1.79. The topological polar surface area (TPSA) is 104 Å². The number of hydrogen-bond acceptors (Lipinski definition) is 6. The number of anilines is 1. The van der Waals surface area contributed by atoms with Crippen molar-refractivity contribution in [3.63, 3.8) is 0 Å². The Morgan fingerprint density at radius 3 is 2.30 bits per heavy atom. The summed E-state index contributed by atoms with van der Waals surface area (Å²) in [5.41, 5.74) is 0.261. The minimum atomic E-state index is -3.72. The summed E-state index contributed by atoms with van der Waals surface area (Å²) in [4.78, 5) is 14.5. The molecule has 0 aromatic heterocycles. The van der Waals surface area contributed by atoms with E-state index in [2.05, 4.69) is 6.92 Å². The molecule has 0 radical (unpaired) electrons. The molecule has 0 spiro atoms. The van der Waals surface area contributed by atoms with E-state index in [-0.39, 0.29) is 36.1 Å². The second-order valence-corrected chi connectivity index (χ2v) is 11.7. The molecule has 1 aromatic carbocycles. The second-order valence-electron chi connectivity index (χ2n) is 7.87. The lowest BCUT2D eigenvalue weighted by molar-refractivity contribution is -0.131. The van der Waals surface area contributed by atoms with Crippen LogP contribution in [0.1, 0.15) is 19.8 Å². The van der Waals surface area contributed by atoms with Gasteiger partial charge in [0.1, 0.15) is 6.54 Å². The summed E-state index contributed by atoms with van der Waals surface area (Å²) in [5, 5.41) is 0. The van der Waals surface area contributed by atoms with E-state index >= 15 is 0 Å². The first-order chi connectivity index (χ1) is 14.1. The monoisotopic (exact) mass is 459 g/mol. The number of benzene rings is 1. The van der Waals surface area contributed by atoms with Crippen molar-refractivity contribution < 1.29 is 26.4 Å². The van der Waals surface area contributed by atoms with Crippen LogP contribution in [-0.4, -0.2) is 84.1 Å². The Bertz CT molecular complexity index is 956. The lowest BCUT2D eigenvalue weighted by Gasteiger charge is -2.33. The number of likely N-dealkylation sites (tertiary alicyclic amines) is 1. The SMILES string of the molecule is CC1CCCN(C(=O)CN(c2ccc(S(=O)(=O)N3CCOCC3)cc2)S(C)(=O)=O)C1. The third-order valence-corrected chi connectivity index (χ3v) is 8.47. The predicted molar refractivity (Wildman–Crippen MR) is 113 cm³/mol. The normalized spacial score (nSPS) is 21.4. The number of amides is 1. The molecule has 1 amide bonds. The van der Waals surface area contributed by atoms with E-state index in [4.69, 9.17) is 4.74 Å². The first-order valence-electron chi connectivity index (χ1n) is 10.0. The Labute approximate surface area is 178 Å². The summed E-state index contributed by atoms with van der Waals surface area (Å²) >= 11 is 0. The first-order valence-corrected chi connectivity index (χ1v) is 13.3. The van der Waals surface area contributed by atoms with Crippen LogP contribution in [0.4, 0.5) is 5.69 Å². The molecule has 168 valence electrons. The van der Waals surface area contributed by atoms with Crippen molar-refractivity contribution in [3.8, 4) is 0 Å². The lowest BCUT2D eigenvalue weighted by Crippen LogP contribution is -2.46. The summed E-state index contributed by atoms with van der Waals surface area (Å²) in [6.45, 7) is 4.25. The number of rotatable bonds is 6. The van der Waals surface area contributed by atoms with E-state index in [1.165, 1.54) is 28.6 Å². The number of piperidine rings is 1. The highest BCUT2D eigenvalue weighted by Gasteiger charge is 2.29. The van der Waals surface area contributed by atoms with Crippen molar-refractivity contribution in [1.82, 2.24) is 9.21 Å². The van der Waals surface area contributed by atoms with Gasteiger partial charge in [-0.3, -0.25) is 9.10 Å². The van der Waals surface area contributed by atoms with Crippen LogP contribution in [0.25, 0.3) is 0 Å². The van der Waals surface area contributed by atoms with Crippen molar-refractivity contribution in [2.24, 2.45) is 5.92 Å². The molecule has 2 aliphatic rings. The number of carbonyl (C=O) groups is 1. The van der Waals surface area contributed by atoms with Gasteiger partial charge in [0.25, 0.3) is 0 Å². The van der Waals surface area contributed by atoms with E-state index in [0.717, 1.165) is 23.4 Å². The summed E-state index contributed by atoms with van der Waals surface area (Å²) in [6, 6.07) is 5.62. The van der Waals surface area contributed by atoms with Crippen molar-refractivity contribution in [2.45, 2.75) is 24.7 Å². The van der Waals surface area contributed by atoms with Crippen LogP contribution in [0.5, 0.6) is 0 Å². The first kappa shape index (κ1) is 23.0. The molecule has 1 aromatic rings. The third kappa shape index (κ3) is 5.32. The molecule has 0 aliphatic carbocycles. The van der Waals surface area contributed by atoms with E-state index < -0.39 is 20.0 Å². The fraction of sp³-hybridized carbons (Fsp3) is 0.632. The average molecular weight is 460 g/mol. The Morgan fingerprint density at radius 1 is 1.10 bits per heavy atom. The smallest absolute Gasteiger partial charge is 0.243 e. The maximum Gasteiger partial charge on any atom is 0.243 e. The Hall–Kier alpha value is -1.69. The zero-order chi connectivity index (χ0) is 21.9. The highest BCUT2D eigenvalue weighted by Crippen LogP contribution is 2.24. The average Bonchev–Trinajstić information content (AvgIpc) is 2.72. The van der Waals surface area contributed by atoms with Gasteiger partial charge < -0.3 is 9.64 Å². The maximum atomic E-state index is 12.8. The fourth-order valence-electron chi connectivity index (χ4n) is 3.76. The van der Waals surface area contributed by atoms with Crippen LogP contribution in [0.2, 0.25) is 0 Å². The van der Waals surface area contributed by atoms with Crippen molar-refractivity contribution >= 4 is 31.6 Å². The van der Waals surface area contributed by atoms with E-state index in [1.54, 1.807) is 4.90 Å². The van der Waals surface area contributed by atoms with Crippen LogP contribution < -0.4 is 4.31 Å². The van der Waals surface area contributed by atoms with Gasteiger partial charge in [0, 0.05) is 26.2 Å². The van der Waals surface area contributed by atoms with Gasteiger partial charge in [-0.1, -0.05) is 6.92 Å². The Kier molecular flexibility index (Phi) is 7.05. The molecule has 2 saturated heterocycles. The molecule has 2 fully saturated rings. The molecule has 1 atom stereocenters. The number of carbonyl (C=O) groups excluding carboxylic acids is 1. The van der Waals surface area contributed by atoms with Gasteiger partial charge in [0.15, 0.2) is 0 Å². The molecular weight excluding hydrogens is 430 g/mol.